The summed E-state index contributed by atoms with van der Waals surface area (Å²) < 4.78 is 40.3. The third-order valence-corrected chi connectivity index (χ3v) is 7.08. The highest BCUT2D eigenvalue weighted by Crippen LogP contribution is 2.25. The van der Waals surface area contributed by atoms with Crippen LogP contribution in [0.3, 0.4) is 0 Å². The average molecular weight is 425 g/mol. The summed E-state index contributed by atoms with van der Waals surface area (Å²) in [6.45, 7) is 2.72. The van der Waals surface area contributed by atoms with Crippen LogP contribution >= 0.6 is 11.6 Å². The number of halogens is 2. The Kier molecular flexibility index (Phi) is 6.37. The molecule has 0 spiro atoms. The lowest BCUT2D eigenvalue weighted by molar-refractivity contribution is 0.0940. The van der Waals surface area contributed by atoms with E-state index in [4.69, 9.17) is 11.6 Å². The Morgan fingerprint density at radius 1 is 1.11 bits per heavy atom. The minimum atomic E-state index is -3.67. The summed E-state index contributed by atoms with van der Waals surface area (Å²) in [7, 11) is -3.67. The van der Waals surface area contributed by atoms with Gasteiger partial charge in [0.05, 0.1) is 21.5 Å². The largest absolute Gasteiger partial charge is 0.345 e. The molecule has 28 heavy (non-hydrogen) atoms. The molecule has 0 aromatic heterocycles. The monoisotopic (exact) mass is 424 g/mol. The van der Waals surface area contributed by atoms with E-state index >= 15 is 0 Å². The smallest absolute Gasteiger partial charge is 0.253 e. The van der Waals surface area contributed by atoms with Crippen molar-refractivity contribution < 1.29 is 17.6 Å². The molecule has 0 bridgehead atoms. The fraction of sp³-hybridized carbons (Fsp3) is 0.350. The first-order chi connectivity index (χ1) is 13.3. The van der Waals surface area contributed by atoms with Crippen LogP contribution in [0.1, 0.15) is 48.1 Å². The second-order valence-electron chi connectivity index (χ2n) is 6.85. The van der Waals surface area contributed by atoms with E-state index in [9.17, 15) is 17.6 Å². The molecule has 150 valence electrons. The molecule has 1 heterocycles. The summed E-state index contributed by atoms with van der Waals surface area (Å²) in [5.41, 5.74) is 0.816. The van der Waals surface area contributed by atoms with Gasteiger partial charge in [0.25, 0.3) is 5.91 Å². The van der Waals surface area contributed by atoms with Crippen LogP contribution in [0.5, 0.6) is 0 Å². The quantitative estimate of drug-likeness (QED) is 0.784. The number of hydrogen-bond acceptors (Lipinski definition) is 3. The van der Waals surface area contributed by atoms with Crippen molar-refractivity contribution in [2.45, 2.75) is 37.1 Å². The molecule has 1 saturated heterocycles. The number of carbonyl (C=O) groups excluding carboxylic acids is 1. The van der Waals surface area contributed by atoms with E-state index in [1.807, 2.05) is 0 Å². The van der Waals surface area contributed by atoms with Crippen LogP contribution in [-0.4, -0.2) is 31.7 Å². The Morgan fingerprint density at radius 2 is 1.75 bits per heavy atom. The lowest BCUT2D eigenvalue weighted by atomic mass is 10.1. The lowest BCUT2D eigenvalue weighted by Crippen LogP contribution is -2.35. The van der Waals surface area contributed by atoms with Gasteiger partial charge in [-0.3, -0.25) is 4.79 Å². The molecular weight excluding hydrogens is 403 g/mol. The van der Waals surface area contributed by atoms with Crippen LogP contribution < -0.4 is 5.32 Å². The molecule has 0 saturated carbocycles. The molecule has 5 nitrogen and oxygen atoms in total. The van der Waals surface area contributed by atoms with Crippen molar-refractivity contribution in [1.82, 2.24) is 9.62 Å². The fourth-order valence-corrected chi connectivity index (χ4v) is 4.95. The van der Waals surface area contributed by atoms with Gasteiger partial charge >= 0.3 is 0 Å². The Bertz CT molecular complexity index is 958. The minimum absolute atomic E-state index is 0.0541. The van der Waals surface area contributed by atoms with E-state index in [0.717, 1.165) is 24.8 Å². The molecule has 3 rings (SSSR count). The molecule has 2 aromatic carbocycles. The van der Waals surface area contributed by atoms with Gasteiger partial charge in [0, 0.05) is 13.1 Å². The number of amides is 1. The SMILES string of the molecule is CC(NC(=O)c1cc(S(=O)(=O)N2CCCCC2)ccc1Cl)c1ccc(F)cc1. The molecule has 1 unspecified atom stereocenters. The number of benzene rings is 2. The predicted molar refractivity (Wildman–Crippen MR) is 106 cm³/mol. The first-order valence-electron chi connectivity index (χ1n) is 9.15. The van der Waals surface area contributed by atoms with Crippen LogP contribution in [0.25, 0.3) is 0 Å². The maximum atomic E-state index is 13.1. The molecular formula is C20H22ClFN2O3S. The zero-order chi connectivity index (χ0) is 20.3. The fourth-order valence-electron chi connectivity index (χ4n) is 3.20. The van der Waals surface area contributed by atoms with Crippen molar-refractivity contribution in [3.8, 4) is 0 Å². The van der Waals surface area contributed by atoms with Gasteiger partial charge in [-0.25, -0.2) is 12.8 Å². The van der Waals surface area contributed by atoms with Crippen molar-refractivity contribution in [3.63, 3.8) is 0 Å². The van der Waals surface area contributed by atoms with E-state index in [0.29, 0.717) is 13.1 Å². The summed E-state index contributed by atoms with van der Waals surface area (Å²) in [6, 6.07) is 9.57. The topological polar surface area (TPSA) is 66.5 Å². The van der Waals surface area contributed by atoms with Gasteiger partial charge in [0.15, 0.2) is 0 Å². The number of nitrogens with zero attached hydrogens (tertiary/aromatic N) is 1. The number of sulfonamides is 1. The zero-order valence-electron chi connectivity index (χ0n) is 15.5. The maximum Gasteiger partial charge on any atom is 0.253 e. The second kappa shape index (κ2) is 8.59. The molecule has 1 aliphatic rings. The van der Waals surface area contributed by atoms with Gasteiger partial charge in [0.2, 0.25) is 10.0 Å². The molecule has 0 radical (unpaired) electrons. The van der Waals surface area contributed by atoms with E-state index in [-0.39, 0.29) is 21.3 Å². The number of carbonyl (C=O) groups is 1. The summed E-state index contributed by atoms with van der Waals surface area (Å²) >= 11 is 6.16. The zero-order valence-corrected chi connectivity index (χ0v) is 17.1. The number of nitrogens with one attached hydrogen (secondary N) is 1. The number of hydrogen-bond donors (Lipinski definition) is 1. The molecule has 8 heteroatoms. The van der Waals surface area contributed by atoms with Crippen molar-refractivity contribution in [2.75, 3.05) is 13.1 Å². The summed E-state index contributed by atoms with van der Waals surface area (Å²) in [5, 5.41) is 2.94. The van der Waals surface area contributed by atoms with Crippen LogP contribution in [-0.2, 0) is 10.0 Å². The molecule has 1 amide bonds. The van der Waals surface area contributed by atoms with Crippen LogP contribution in [0.15, 0.2) is 47.4 Å². The summed E-state index contributed by atoms with van der Waals surface area (Å²) in [5.74, 6) is -0.849. The van der Waals surface area contributed by atoms with Crippen LogP contribution in [0.4, 0.5) is 4.39 Å². The molecule has 0 aliphatic carbocycles. The highest BCUT2D eigenvalue weighted by molar-refractivity contribution is 7.89. The first-order valence-corrected chi connectivity index (χ1v) is 11.0. The Morgan fingerprint density at radius 3 is 2.39 bits per heavy atom. The van der Waals surface area contributed by atoms with Crippen molar-refractivity contribution in [2.24, 2.45) is 0 Å². The van der Waals surface area contributed by atoms with Gasteiger partial charge in [-0.15, -0.1) is 0 Å². The Balaban J connectivity index is 1.82. The predicted octanol–water partition coefficient (Wildman–Crippen LogP) is 4.14. The molecule has 1 fully saturated rings. The van der Waals surface area contributed by atoms with Gasteiger partial charge in [-0.05, 0) is 55.7 Å². The highest BCUT2D eigenvalue weighted by atomic mass is 35.5. The first kappa shape index (κ1) is 20.8. The second-order valence-corrected chi connectivity index (χ2v) is 9.20. The number of piperidine rings is 1. The van der Waals surface area contributed by atoms with Crippen LogP contribution in [0.2, 0.25) is 5.02 Å². The van der Waals surface area contributed by atoms with Crippen molar-refractivity contribution in [3.05, 3.63) is 64.4 Å². The Hall–Kier alpha value is -1.96. The Labute approximate surface area is 169 Å². The van der Waals surface area contributed by atoms with Crippen molar-refractivity contribution >= 4 is 27.5 Å². The molecule has 2 aromatic rings. The minimum Gasteiger partial charge on any atom is -0.345 e. The highest BCUT2D eigenvalue weighted by Gasteiger charge is 2.27. The maximum absolute atomic E-state index is 13.1. The average Bonchev–Trinajstić information content (AvgIpc) is 2.69. The molecule has 1 N–H and O–H groups in total. The standard InChI is InChI=1S/C20H22ClFN2O3S/c1-14(15-5-7-16(22)8-6-15)23-20(25)18-13-17(9-10-19(18)21)28(26,27)24-11-3-2-4-12-24/h5-10,13-14H,2-4,11-12H2,1H3,(H,23,25). The van der Waals surface area contributed by atoms with Gasteiger partial charge < -0.3 is 5.32 Å². The van der Waals surface area contributed by atoms with E-state index in [1.54, 1.807) is 19.1 Å². The summed E-state index contributed by atoms with van der Waals surface area (Å²) in [6.07, 6.45) is 2.67. The molecule has 1 atom stereocenters. The third kappa shape index (κ3) is 4.54. The normalized spacial score (nSPS) is 16.5. The van der Waals surface area contributed by atoms with E-state index in [1.165, 1.54) is 34.6 Å². The number of rotatable bonds is 5. The van der Waals surface area contributed by atoms with Crippen molar-refractivity contribution in [1.29, 1.82) is 0 Å². The summed E-state index contributed by atoms with van der Waals surface area (Å²) in [4.78, 5) is 12.7. The van der Waals surface area contributed by atoms with E-state index < -0.39 is 22.0 Å². The van der Waals surface area contributed by atoms with E-state index in [2.05, 4.69) is 5.32 Å². The molecule has 1 aliphatic heterocycles. The van der Waals surface area contributed by atoms with Crippen LogP contribution in [0, 0.1) is 5.82 Å². The van der Waals surface area contributed by atoms with Gasteiger partial charge in [0.1, 0.15) is 5.82 Å². The van der Waals surface area contributed by atoms with Gasteiger partial charge in [-0.2, -0.15) is 4.31 Å². The third-order valence-electron chi connectivity index (χ3n) is 4.85. The lowest BCUT2D eigenvalue weighted by Gasteiger charge is -2.26. The van der Waals surface area contributed by atoms with Gasteiger partial charge in [-0.1, -0.05) is 30.2 Å².